The predicted molar refractivity (Wildman–Crippen MR) is 128 cm³/mol. The molecule has 0 aliphatic carbocycles. The summed E-state index contributed by atoms with van der Waals surface area (Å²) in [5.74, 6) is -0.632. The van der Waals surface area contributed by atoms with Gasteiger partial charge in [0.1, 0.15) is 18.2 Å². The Balaban J connectivity index is 1.87. The van der Waals surface area contributed by atoms with Gasteiger partial charge >= 0.3 is 5.97 Å². The highest BCUT2D eigenvalue weighted by atomic mass is 16.5. The molecular formula is C26H27N3O4. The first-order valence-electron chi connectivity index (χ1n) is 10.6. The van der Waals surface area contributed by atoms with Gasteiger partial charge in [0, 0.05) is 23.2 Å². The Kier molecular flexibility index (Phi) is 7.46. The molecule has 3 aromatic rings. The molecule has 7 heteroatoms. The molecule has 0 fully saturated rings. The van der Waals surface area contributed by atoms with Gasteiger partial charge in [0.2, 0.25) is 0 Å². The zero-order chi connectivity index (χ0) is 24.0. The van der Waals surface area contributed by atoms with E-state index in [4.69, 9.17) is 15.9 Å². The number of hydrogen-bond acceptors (Lipinski definition) is 4. The van der Waals surface area contributed by atoms with Gasteiger partial charge in [-0.3, -0.25) is 10.2 Å². The van der Waals surface area contributed by atoms with Crippen molar-refractivity contribution in [3.05, 3.63) is 89.0 Å². The predicted octanol–water partition coefficient (Wildman–Crippen LogP) is 4.30. The van der Waals surface area contributed by atoms with Crippen LogP contribution < -0.4 is 15.8 Å². The highest BCUT2D eigenvalue weighted by Crippen LogP contribution is 2.33. The standard InChI is InChI=1S/C26H27N3O4/c1-16(2)14-29-25(30)19-11-12-20(22(13-19)26(31)32)21-5-3-4-6-23(21)33-15-17-7-9-18(10-8-17)24(27)28/h3-13,16H,14-15H2,1-2H3,(H3,27,28)(H,29,30)(H,31,32). The molecule has 3 aromatic carbocycles. The number of aromatic carboxylic acids is 1. The third-order valence-corrected chi connectivity index (χ3v) is 5.02. The number of ether oxygens (including phenoxy) is 1. The summed E-state index contributed by atoms with van der Waals surface area (Å²) >= 11 is 0. The van der Waals surface area contributed by atoms with Crippen LogP contribution in [0.1, 0.15) is 45.7 Å². The van der Waals surface area contributed by atoms with E-state index in [2.05, 4.69) is 5.32 Å². The number of nitrogen functional groups attached to an aromatic ring is 1. The molecule has 0 aromatic heterocycles. The summed E-state index contributed by atoms with van der Waals surface area (Å²) in [6, 6.07) is 19.0. The van der Waals surface area contributed by atoms with Gasteiger partial charge in [-0.25, -0.2) is 4.79 Å². The average molecular weight is 446 g/mol. The van der Waals surface area contributed by atoms with Gasteiger partial charge in [0.15, 0.2) is 0 Å². The van der Waals surface area contributed by atoms with E-state index in [1.54, 1.807) is 42.5 Å². The lowest BCUT2D eigenvalue weighted by Gasteiger charge is -2.15. The highest BCUT2D eigenvalue weighted by Gasteiger charge is 2.18. The van der Waals surface area contributed by atoms with E-state index in [0.717, 1.165) is 5.56 Å². The minimum Gasteiger partial charge on any atom is -0.488 e. The highest BCUT2D eigenvalue weighted by molar-refractivity contribution is 6.02. The number of amides is 1. The van der Waals surface area contributed by atoms with Gasteiger partial charge in [0.05, 0.1) is 5.56 Å². The maximum absolute atomic E-state index is 12.4. The lowest BCUT2D eigenvalue weighted by atomic mass is 9.96. The number of nitrogens with one attached hydrogen (secondary N) is 2. The summed E-state index contributed by atoms with van der Waals surface area (Å²) in [6.45, 7) is 4.74. The molecule has 0 bridgehead atoms. The molecule has 0 unspecified atom stereocenters. The number of carboxylic acids is 1. The van der Waals surface area contributed by atoms with E-state index in [9.17, 15) is 14.7 Å². The summed E-state index contributed by atoms with van der Waals surface area (Å²) in [5, 5.41) is 20.1. The van der Waals surface area contributed by atoms with Crippen molar-refractivity contribution in [2.75, 3.05) is 6.54 Å². The first-order valence-corrected chi connectivity index (χ1v) is 10.6. The van der Waals surface area contributed by atoms with Crippen LogP contribution in [0.2, 0.25) is 0 Å². The van der Waals surface area contributed by atoms with Crippen LogP contribution >= 0.6 is 0 Å². The topological polar surface area (TPSA) is 126 Å². The monoisotopic (exact) mass is 445 g/mol. The number of nitrogens with two attached hydrogens (primary N) is 1. The second-order valence-corrected chi connectivity index (χ2v) is 8.06. The summed E-state index contributed by atoms with van der Waals surface area (Å²) in [4.78, 5) is 24.4. The normalized spacial score (nSPS) is 10.6. The maximum atomic E-state index is 12.4. The van der Waals surface area contributed by atoms with Gasteiger partial charge in [-0.1, -0.05) is 62.4 Å². The van der Waals surface area contributed by atoms with Crippen LogP contribution in [0.5, 0.6) is 5.75 Å². The van der Waals surface area contributed by atoms with Crippen molar-refractivity contribution in [3.8, 4) is 16.9 Å². The van der Waals surface area contributed by atoms with E-state index in [1.165, 1.54) is 6.07 Å². The fourth-order valence-corrected chi connectivity index (χ4v) is 3.25. The van der Waals surface area contributed by atoms with Gasteiger partial charge in [-0.2, -0.15) is 0 Å². The van der Waals surface area contributed by atoms with E-state index >= 15 is 0 Å². The van der Waals surface area contributed by atoms with Crippen molar-refractivity contribution in [2.24, 2.45) is 11.7 Å². The molecule has 0 atom stereocenters. The number of hydrogen-bond donors (Lipinski definition) is 4. The molecule has 3 rings (SSSR count). The Bertz CT molecular complexity index is 1170. The number of carbonyl (C=O) groups excluding carboxylic acids is 1. The molecule has 33 heavy (non-hydrogen) atoms. The third kappa shape index (κ3) is 5.98. The van der Waals surface area contributed by atoms with Crippen molar-refractivity contribution in [1.29, 1.82) is 5.41 Å². The van der Waals surface area contributed by atoms with E-state index < -0.39 is 5.97 Å². The first-order chi connectivity index (χ1) is 15.8. The smallest absolute Gasteiger partial charge is 0.336 e. The quantitative estimate of drug-likeness (QED) is 0.289. The lowest BCUT2D eigenvalue weighted by molar-refractivity contribution is 0.0697. The molecular weight excluding hydrogens is 418 g/mol. The number of amidine groups is 1. The summed E-state index contributed by atoms with van der Waals surface area (Å²) in [7, 11) is 0. The Morgan fingerprint density at radius 3 is 2.30 bits per heavy atom. The number of rotatable bonds is 9. The molecule has 0 radical (unpaired) electrons. The van der Waals surface area contributed by atoms with Crippen molar-refractivity contribution in [1.82, 2.24) is 5.32 Å². The number of carbonyl (C=O) groups is 2. The zero-order valence-corrected chi connectivity index (χ0v) is 18.6. The Hall–Kier alpha value is -4.13. The van der Waals surface area contributed by atoms with Crippen molar-refractivity contribution >= 4 is 17.7 Å². The van der Waals surface area contributed by atoms with Crippen LogP contribution in [0, 0.1) is 11.3 Å². The maximum Gasteiger partial charge on any atom is 0.336 e. The zero-order valence-electron chi connectivity index (χ0n) is 18.6. The van der Waals surface area contributed by atoms with Gasteiger partial charge in [0.25, 0.3) is 5.91 Å². The van der Waals surface area contributed by atoms with Crippen LogP contribution in [0.15, 0.2) is 66.7 Å². The fourth-order valence-electron chi connectivity index (χ4n) is 3.25. The van der Waals surface area contributed by atoms with Crippen LogP contribution in [-0.4, -0.2) is 29.4 Å². The van der Waals surface area contributed by atoms with Crippen molar-refractivity contribution in [3.63, 3.8) is 0 Å². The molecule has 7 nitrogen and oxygen atoms in total. The van der Waals surface area contributed by atoms with E-state index in [1.807, 2.05) is 32.0 Å². The third-order valence-electron chi connectivity index (χ3n) is 5.02. The Morgan fingerprint density at radius 1 is 1.00 bits per heavy atom. The molecule has 0 heterocycles. The molecule has 0 spiro atoms. The molecule has 0 saturated heterocycles. The Morgan fingerprint density at radius 2 is 1.67 bits per heavy atom. The average Bonchev–Trinajstić information content (AvgIpc) is 2.81. The largest absolute Gasteiger partial charge is 0.488 e. The molecule has 5 N–H and O–H groups in total. The van der Waals surface area contributed by atoms with Crippen molar-refractivity contribution < 1.29 is 19.4 Å². The summed E-state index contributed by atoms with van der Waals surface area (Å²) in [5.41, 5.74) is 8.39. The second-order valence-electron chi connectivity index (χ2n) is 8.06. The van der Waals surface area contributed by atoms with Gasteiger partial charge < -0.3 is 20.9 Å². The first kappa shape index (κ1) is 23.5. The number of benzene rings is 3. The number of carboxylic acid groups (broad SMARTS) is 1. The van der Waals surface area contributed by atoms with Gasteiger partial charge in [-0.05, 0) is 35.2 Å². The molecule has 170 valence electrons. The fraction of sp³-hybridized carbons (Fsp3) is 0.192. The molecule has 0 aliphatic heterocycles. The molecule has 1 amide bonds. The summed E-state index contributed by atoms with van der Waals surface area (Å²) < 4.78 is 6.00. The van der Waals surface area contributed by atoms with E-state index in [0.29, 0.717) is 34.5 Å². The summed E-state index contributed by atoms with van der Waals surface area (Å²) in [6.07, 6.45) is 0. The van der Waals surface area contributed by atoms with Gasteiger partial charge in [-0.15, -0.1) is 0 Å². The molecule has 0 saturated carbocycles. The van der Waals surface area contributed by atoms with Crippen LogP contribution in [0.25, 0.3) is 11.1 Å². The second kappa shape index (κ2) is 10.5. The van der Waals surface area contributed by atoms with Crippen LogP contribution in [0.4, 0.5) is 0 Å². The van der Waals surface area contributed by atoms with Crippen LogP contribution in [0.3, 0.4) is 0 Å². The van der Waals surface area contributed by atoms with Crippen molar-refractivity contribution in [2.45, 2.75) is 20.5 Å². The minimum atomic E-state index is -1.13. The SMILES string of the molecule is CC(C)CNC(=O)c1ccc(-c2ccccc2OCc2ccc(C(=N)N)cc2)c(C(=O)O)c1. The van der Waals surface area contributed by atoms with E-state index in [-0.39, 0.29) is 29.8 Å². The minimum absolute atomic E-state index is 0.00431. The van der Waals surface area contributed by atoms with Crippen LogP contribution in [-0.2, 0) is 6.61 Å². The lowest BCUT2D eigenvalue weighted by Crippen LogP contribution is -2.27. The number of para-hydroxylation sites is 1. The Labute approximate surface area is 192 Å². The molecule has 0 aliphatic rings.